The molecule has 3 rings (SSSR count). The third-order valence-electron chi connectivity index (χ3n) is 4.16. The summed E-state index contributed by atoms with van der Waals surface area (Å²) in [7, 11) is 0. The molecule has 1 fully saturated rings. The minimum Gasteiger partial charge on any atom is -0.258 e. The predicted molar refractivity (Wildman–Crippen MR) is 99.3 cm³/mol. The molecule has 122 valence electrons. The highest BCUT2D eigenvalue weighted by Gasteiger charge is 2.12. The van der Waals surface area contributed by atoms with Gasteiger partial charge < -0.3 is 0 Å². The Morgan fingerprint density at radius 1 is 1.22 bits per heavy atom. The maximum Gasteiger partial charge on any atom is 0.206 e. The Morgan fingerprint density at radius 2 is 1.96 bits per heavy atom. The zero-order valence-electron chi connectivity index (χ0n) is 13.4. The molecule has 0 amide bonds. The number of benzene rings is 1. The van der Waals surface area contributed by atoms with Gasteiger partial charge in [-0.1, -0.05) is 43.0 Å². The lowest BCUT2D eigenvalue weighted by Crippen LogP contribution is -2.15. The van der Waals surface area contributed by atoms with Crippen LogP contribution < -0.4 is 4.80 Å². The summed E-state index contributed by atoms with van der Waals surface area (Å²) in [6, 6.07) is 7.90. The normalized spacial score (nSPS) is 17.2. The zero-order valence-corrected chi connectivity index (χ0v) is 15.0. The predicted octanol–water partition coefficient (Wildman–Crippen LogP) is 5.20. The van der Waals surface area contributed by atoms with Crippen LogP contribution in [0.15, 0.2) is 39.7 Å². The van der Waals surface area contributed by atoms with Crippen molar-refractivity contribution in [1.29, 1.82) is 0 Å². The van der Waals surface area contributed by atoms with Gasteiger partial charge in [0.1, 0.15) is 0 Å². The first-order valence-corrected chi connectivity index (χ1v) is 9.55. The molecule has 1 aliphatic rings. The molecule has 5 heteroatoms. The van der Waals surface area contributed by atoms with Crippen molar-refractivity contribution in [3.05, 3.63) is 39.5 Å². The largest absolute Gasteiger partial charge is 0.258 e. The molecule has 1 saturated carbocycles. The van der Waals surface area contributed by atoms with Gasteiger partial charge in [0.05, 0.1) is 5.69 Å². The average molecular weight is 348 g/mol. The monoisotopic (exact) mass is 347 g/mol. The molecule has 1 aromatic heterocycles. The van der Waals surface area contributed by atoms with Crippen molar-refractivity contribution in [1.82, 2.24) is 4.68 Å². The molecule has 0 N–H and O–H groups in total. The summed E-state index contributed by atoms with van der Waals surface area (Å²) in [5, 5.41) is 7.65. The molecule has 0 spiro atoms. The molecule has 3 nitrogen and oxygen atoms in total. The van der Waals surface area contributed by atoms with Gasteiger partial charge in [-0.05, 0) is 37.8 Å². The lowest BCUT2D eigenvalue weighted by molar-refractivity contribution is 0.443. The molecule has 2 aromatic rings. The van der Waals surface area contributed by atoms with Crippen molar-refractivity contribution < 1.29 is 0 Å². The highest BCUT2D eigenvalue weighted by molar-refractivity contribution is 7.07. The van der Waals surface area contributed by atoms with Crippen LogP contribution in [0.5, 0.6) is 0 Å². The minimum absolute atomic E-state index is 0.601. The average Bonchev–Trinajstić information content (AvgIpc) is 2.98. The molecule has 0 aliphatic heterocycles. The van der Waals surface area contributed by atoms with Crippen LogP contribution in [0.1, 0.15) is 39.0 Å². The Balaban J connectivity index is 1.95. The molecule has 1 heterocycles. The standard InChI is InChI=1S/C18H22ClN3S/c1-2-20-18-22(21-12-14-6-4-3-5-7-14)17(13-23-18)15-8-10-16(19)11-9-15/h8-14H,2-7H2,1H3. The molecular weight excluding hydrogens is 326 g/mol. The van der Waals surface area contributed by atoms with E-state index >= 15 is 0 Å². The summed E-state index contributed by atoms with van der Waals surface area (Å²) >= 11 is 7.64. The molecule has 0 saturated heterocycles. The van der Waals surface area contributed by atoms with E-state index in [4.69, 9.17) is 16.7 Å². The second-order valence-corrected chi connectivity index (χ2v) is 7.13. The Morgan fingerprint density at radius 3 is 2.65 bits per heavy atom. The second kappa shape index (κ2) is 7.93. The Hall–Kier alpha value is -1.39. The Labute approximate surface area is 146 Å². The lowest BCUT2D eigenvalue weighted by atomic mass is 9.90. The van der Waals surface area contributed by atoms with Crippen LogP contribution in [0, 0.1) is 5.92 Å². The van der Waals surface area contributed by atoms with Crippen molar-refractivity contribution in [2.75, 3.05) is 6.54 Å². The molecule has 0 unspecified atom stereocenters. The zero-order chi connectivity index (χ0) is 16.1. The van der Waals surface area contributed by atoms with Crippen molar-refractivity contribution in [3.63, 3.8) is 0 Å². The first-order valence-electron chi connectivity index (χ1n) is 8.29. The van der Waals surface area contributed by atoms with Gasteiger partial charge in [-0.2, -0.15) is 5.10 Å². The molecule has 0 bridgehead atoms. The van der Waals surface area contributed by atoms with Gasteiger partial charge in [-0.15, -0.1) is 11.3 Å². The van der Waals surface area contributed by atoms with Crippen LogP contribution in [0.25, 0.3) is 11.3 Å². The van der Waals surface area contributed by atoms with Crippen LogP contribution in [0.4, 0.5) is 0 Å². The van der Waals surface area contributed by atoms with E-state index in [1.165, 1.54) is 32.1 Å². The number of hydrogen-bond acceptors (Lipinski definition) is 3. The number of halogens is 1. The van der Waals surface area contributed by atoms with E-state index in [0.29, 0.717) is 5.92 Å². The fourth-order valence-electron chi connectivity index (χ4n) is 2.92. The van der Waals surface area contributed by atoms with Crippen LogP contribution in [0.3, 0.4) is 0 Å². The smallest absolute Gasteiger partial charge is 0.206 e. The van der Waals surface area contributed by atoms with Crippen LogP contribution in [0.2, 0.25) is 5.02 Å². The van der Waals surface area contributed by atoms with Crippen LogP contribution in [-0.2, 0) is 0 Å². The topological polar surface area (TPSA) is 29.6 Å². The summed E-state index contributed by atoms with van der Waals surface area (Å²) in [6.07, 6.45) is 8.64. The quantitative estimate of drug-likeness (QED) is 0.680. The number of hydrogen-bond donors (Lipinski definition) is 0. The highest BCUT2D eigenvalue weighted by Crippen LogP contribution is 2.24. The van der Waals surface area contributed by atoms with Gasteiger partial charge in [-0.25, -0.2) is 4.68 Å². The van der Waals surface area contributed by atoms with Crippen molar-refractivity contribution in [2.45, 2.75) is 39.0 Å². The lowest BCUT2D eigenvalue weighted by Gasteiger charge is -2.17. The number of aromatic nitrogens is 1. The fraction of sp³-hybridized carbons (Fsp3) is 0.444. The molecule has 1 aromatic carbocycles. The van der Waals surface area contributed by atoms with E-state index in [9.17, 15) is 0 Å². The number of nitrogens with zero attached hydrogens (tertiary/aromatic N) is 3. The molecule has 0 atom stereocenters. The van der Waals surface area contributed by atoms with E-state index in [1.807, 2.05) is 28.9 Å². The summed E-state index contributed by atoms with van der Waals surface area (Å²) in [6.45, 7) is 2.82. The van der Waals surface area contributed by atoms with E-state index in [-0.39, 0.29) is 0 Å². The van der Waals surface area contributed by atoms with Gasteiger partial charge in [0.15, 0.2) is 0 Å². The molecule has 0 radical (unpaired) electrons. The van der Waals surface area contributed by atoms with E-state index in [0.717, 1.165) is 27.6 Å². The minimum atomic E-state index is 0.601. The van der Waals surface area contributed by atoms with E-state index < -0.39 is 0 Å². The summed E-state index contributed by atoms with van der Waals surface area (Å²) in [5.41, 5.74) is 2.19. The third kappa shape index (κ3) is 4.12. The first kappa shape index (κ1) is 16.5. The molecule has 23 heavy (non-hydrogen) atoms. The van der Waals surface area contributed by atoms with Gasteiger partial charge in [0.25, 0.3) is 0 Å². The first-order chi connectivity index (χ1) is 11.3. The molecular formula is C18H22ClN3S. The molecule has 1 aliphatic carbocycles. The Kier molecular flexibility index (Phi) is 5.68. The maximum absolute atomic E-state index is 6.00. The summed E-state index contributed by atoms with van der Waals surface area (Å²) < 4.78 is 1.98. The van der Waals surface area contributed by atoms with E-state index in [2.05, 4.69) is 23.5 Å². The van der Waals surface area contributed by atoms with Crippen LogP contribution >= 0.6 is 22.9 Å². The van der Waals surface area contributed by atoms with Gasteiger partial charge in [-0.3, -0.25) is 4.99 Å². The van der Waals surface area contributed by atoms with Gasteiger partial charge >= 0.3 is 0 Å². The fourth-order valence-corrected chi connectivity index (χ4v) is 3.95. The highest BCUT2D eigenvalue weighted by atomic mass is 35.5. The van der Waals surface area contributed by atoms with Gasteiger partial charge in [0.2, 0.25) is 4.80 Å². The maximum atomic E-state index is 6.00. The summed E-state index contributed by atoms with van der Waals surface area (Å²) in [4.78, 5) is 5.52. The number of rotatable bonds is 4. The summed E-state index contributed by atoms with van der Waals surface area (Å²) in [5.74, 6) is 0.601. The second-order valence-electron chi connectivity index (χ2n) is 5.86. The van der Waals surface area contributed by atoms with Crippen LogP contribution in [-0.4, -0.2) is 17.4 Å². The van der Waals surface area contributed by atoms with Crippen molar-refractivity contribution in [3.8, 4) is 11.3 Å². The van der Waals surface area contributed by atoms with Crippen molar-refractivity contribution >= 4 is 29.2 Å². The third-order valence-corrected chi connectivity index (χ3v) is 5.27. The van der Waals surface area contributed by atoms with E-state index in [1.54, 1.807) is 11.3 Å². The van der Waals surface area contributed by atoms with Crippen molar-refractivity contribution in [2.24, 2.45) is 16.0 Å². The van der Waals surface area contributed by atoms with Gasteiger partial charge in [0, 0.05) is 28.7 Å². The SMILES string of the molecule is CCN=c1scc(-c2ccc(Cl)cc2)n1N=CC1CCCCC1. The number of thiazole rings is 1. The Bertz CT molecular complexity index is 721.